The molecule has 21 heavy (non-hydrogen) atoms. The number of hydrogen-bond acceptors (Lipinski definition) is 3. The lowest BCUT2D eigenvalue weighted by atomic mass is 9.98. The smallest absolute Gasteiger partial charge is 0.191 e. The molecular weight excluding hydrogens is 266 g/mol. The summed E-state index contributed by atoms with van der Waals surface area (Å²) < 4.78 is 11.0. The van der Waals surface area contributed by atoms with Gasteiger partial charge in [0.2, 0.25) is 0 Å². The molecule has 5 nitrogen and oxygen atoms in total. The predicted octanol–water partition coefficient (Wildman–Crippen LogP) is 2.17. The molecule has 0 spiro atoms. The Morgan fingerprint density at radius 3 is 2.62 bits per heavy atom. The normalized spacial score (nSPS) is 18.0. The van der Waals surface area contributed by atoms with Crippen molar-refractivity contribution in [1.82, 2.24) is 10.6 Å². The predicted molar refractivity (Wildman–Crippen MR) is 87.8 cm³/mol. The maximum Gasteiger partial charge on any atom is 0.191 e. The van der Waals surface area contributed by atoms with Gasteiger partial charge < -0.3 is 20.1 Å². The van der Waals surface area contributed by atoms with Gasteiger partial charge >= 0.3 is 0 Å². The molecule has 1 rings (SSSR count). The Labute approximate surface area is 129 Å². The summed E-state index contributed by atoms with van der Waals surface area (Å²) >= 11 is 0. The van der Waals surface area contributed by atoms with Gasteiger partial charge in [0.15, 0.2) is 5.96 Å². The maximum absolute atomic E-state index is 5.94. The summed E-state index contributed by atoms with van der Waals surface area (Å²) in [5, 5.41) is 6.53. The van der Waals surface area contributed by atoms with Crippen molar-refractivity contribution >= 4 is 5.96 Å². The molecule has 1 atom stereocenters. The first kappa shape index (κ1) is 18.2. The summed E-state index contributed by atoms with van der Waals surface area (Å²) in [6.45, 7) is 8.11. The molecule has 0 aromatic rings. The number of nitrogens with zero attached hydrogens (tertiary/aromatic N) is 1. The molecule has 0 radical (unpaired) electrons. The molecule has 0 bridgehead atoms. The highest BCUT2D eigenvalue weighted by molar-refractivity contribution is 5.79. The first-order valence-electron chi connectivity index (χ1n) is 8.44. The molecule has 5 heteroatoms. The van der Waals surface area contributed by atoms with Crippen molar-refractivity contribution in [3.63, 3.8) is 0 Å². The largest absolute Gasteiger partial charge is 0.383 e. The fourth-order valence-corrected chi connectivity index (χ4v) is 2.92. The number of hydrogen-bond donors (Lipinski definition) is 2. The molecule has 0 aromatic heterocycles. The lowest BCUT2D eigenvalue weighted by molar-refractivity contribution is 0.0177. The number of guanidine groups is 1. The van der Waals surface area contributed by atoms with Crippen molar-refractivity contribution in [3.05, 3.63) is 0 Å². The molecule has 0 aliphatic heterocycles. The molecule has 1 unspecified atom stereocenters. The molecule has 0 aromatic carbocycles. The molecular formula is C16H33N3O2. The minimum atomic E-state index is 0.378. The molecule has 1 saturated carbocycles. The van der Waals surface area contributed by atoms with Crippen LogP contribution >= 0.6 is 0 Å². The topological polar surface area (TPSA) is 54.9 Å². The number of ether oxygens (including phenoxy) is 2. The van der Waals surface area contributed by atoms with Gasteiger partial charge in [-0.25, -0.2) is 0 Å². The minimum Gasteiger partial charge on any atom is -0.383 e. The average Bonchev–Trinajstić information content (AvgIpc) is 3.00. The Balaban J connectivity index is 2.37. The Hall–Kier alpha value is -0.810. The minimum absolute atomic E-state index is 0.378. The highest BCUT2D eigenvalue weighted by Crippen LogP contribution is 2.30. The molecule has 1 fully saturated rings. The van der Waals surface area contributed by atoms with E-state index in [1.54, 1.807) is 7.11 Å². The zero-order chi connectivity index (χ0) is 15.3. The Morgan fingerprint density at radius 2 is 2.00 bits per heavy atom. The molecule has 0 amide bonds. The molecule has 1 aliphatic rings. The van der Waals surface area contributed by atoms with E-state index in [2.05, 4.69) is 29.5 Å². The van der Waals surface area contributed by atoms with Crippen LogP contribution in [-0.2, 0) is 9.47 Å². The van der Waals surface area contributed by atoms with E-state index in [0.29, 0.717) is 12.7 Å². The quantitative estimate of drug-likeness (QED) is 0.369. The third-order valence-corrected chi connectivity index (χ3v) is 3.93. The standard InChI is InChI=1S/C16H33N3O2/c1-4-17-16(19-12-13-20-3)18-11-10-15(21-5-2)14-8-6-7-9-14/h14-15H,4-13H2,1-3H3,(H2,17,18,19). The zero-order valence-corrected chi connectivity index (χ0v) is 14.0. The number of rotatable bonds is 10. The van der Waals surface area contributed by atoms with Gasteiger partial charge in [-0.15, -0.1) is 0 Å². The summed E-state index contributed by atoms with van der Waals surface area (Å²) in [5.74, 6) is 1.61. The van der Waals surface area contributed by atoms with E-state index in [9.17, 15) is 0 Å². The highest BCUT2D eigenvalue weighted by Gasteiger charge is 2.24. The Kier molecular flexibility index (Phi) is 10.3. The third-order valence-electron chi connectivity index (χ3n) is 3.93. The monoisotopic (exact) mass is 299 g/mol. The van der Waals surface area contributed by atoms with Gasteiger partial charge in [0.1, 0.15) is 0 Å². The Bertz CT molecular complexity index is 279. The van der Waals surface area contributed by atoms with Crippen LogP contribution in [0.3, 0.4) is 0 Å². The van der Waals surface area contributed by atoms with Gasteiger partial charge in [-0.3, -0.25) is 4.99 Å². The van der Waals surface area contributed by atoms with Gasteiger partial charge in [-0.2, -0.15) is 0 Å². The van der Waals surface area contributed by atoms with Gasteiger partial charge in [-0.1, -0.05) is 12.8 Å². The van der Waals surface area contributed by atoms with Gasteiger partial charge in [0.05, 0.1) is 12.7 Å². The van der Waals surface area contributed by atoms with Crippen LogP contribution in [0.1, 0.15) is 46.0 Å². The van der Waals surface area contributed by atoms with Gasteiger partial charge in [-0.05, 0) is 39.0 Å². The van der Waals surface area contributed by atoms with E-state index in [4.69, 9.17) is 9.47 Å². The van der Waals surface area contributed by atoms with Crippen molar-refractivity contribution in [2.24, 2.45) is 10.9 Å². The summed E-state index contributed by atoms with van der Waals surface area (Å²) in [5.41, 5.74) is 0. The second-order valence-electron chi connectivity index (χ2n) is 5.51. The lowest BCUT2D eigenvalue weighted by Crippen LogP contribution is -2.39. The van der Waals surface area contributed by atoms with Crippen LogP contribution in [0.4, 0.5) is 0 Å². The van der Waals surface area contributed by atoms with Crippen molar-refractivity contribution in [2.45, 2.75) is 52.1 Å². The van der Waals surface area contributed by atoms with E-state index in [1.807, 2.05) is 0 Å². The fraction of sp³-hybridized carbons (Fsp3) is 0.938. The van der Waals surface area contributed by atoms with Crippen LogP contribution in [0.2, 0.25) is 0 Å². The zero-order valence-electron chi connectivity index (χ0n) is 14.0. The first-order valence-corrected chi connectivity index (χ1v) is 8.44. The third kappa shape index (κ3) is 7.67. The van der Waals surface area contributed by atoms with Crippen molar-refractivity contribution in [3.8, 4) is 0 Å². The van der Waals surface area contributed by atoms with E-state index in [0.717, 1.165) is 44.5 Å². The highest BCUT2D eigenvalue weighted by atomic mass is 16.5. The SMILES string of the molecule is CCNC(=NCCC(OCC)C1CCCC1)NCCOC. The van der Waals surface area contributed by atoms with Gasteiger partial charge in [0, 0.05) is 33.4 Å². The average molecular weight is 299 g/mol. The molecule has 1 aliphatic carbocycles. The van der Waals surface area contributed by atoms with Crippen LogP contribution in [0, 0.1) is 5.92 Å². The number of nitrogens with one attached hydrogen (secondary N) is 2. The van der Waals surface area contributed by atoms with Crippen LogP contribution in [0.25, 0.3) is 0 Å². The van der Waals surface area contributed by atoms with Crippen LogP contribution in [-0.4, -0.2) is 52.0 Å². The number of methoxy groups -OCH3 is 1. The molecule has 124 valence electrons. The molecule has 0 saturated heterocycles. The van der Waals surface area contributed by atoms with Crippen LogP contribution in [0.15, 0.2) is 4.99 Å². The van der Waals surface area contributed by atoms with Crippen LogP contribution in [0.5, 0.6) is 0 Å². The van der Waals surface area contributed by atoms with E-state index < -0.39 is 0 Å². The van der Waals surface area contributed by atoms with Crippen molar-refractivity contribution < 1.29 is 9.47 Å². The van der Waals surface area contributed by atoms with E-state index in [-0.39, 0.29) is 0 Å². The Morgan fingerprint density at radius 1 is 1.24 bits per heavy atom. The first-order chi connectivity index (χ1) is 10.3. The van der Waals surface area contributed by atoms with Crippen molar-refractivity contribution in [1.29, 1.82) is 0 Å². The van der Waals surface area contributed by atoms with Crippen molar-refractivity contribution in [2.75, 3.05) is 40.0 Å². The van der Waals surface area contributed by atoms with Crippen LogP contribution < -0.4 is 10.6 Å². The van der Waals surface area contributed by atoms with E-state index in [1.165, 1.54) is 25.7 Å². The molecule has 2 N–H and O–H groups in total. The number of aliphatic imine (C=N–C) groups is 1. The maximum atomic E-state index is 5.94. The summed E-state index contributed by atoms with van der Waals surface area (Å²) in [7, 11) is 1.71. The second kappa shape index (κ2) is 11.8. The molecule has 0 heterocycles. The lowest BCUT2D eigenvalue weighted by Gasteiger charge is -2.22. The van der Waals surface area contributed by atoms with E-state index >= 15 is 0 Å². The second-order valence-corrected chi connectivity index (χ2v) is 5.51. The van der Waals surface area contributed by atoms with Gasteiger partial charge in [0.25, 0.3) is 0 Å². The summed E-state index contributed by atoms with van der Waals surface area (Å²) in [4.78, 5) is 4.64. The summed E-state index contributed by atoms with van der Waals surface area (Å²) in [6, 6.07) is 0. The fourth-order valence-electron chi connectivity index (χ4n) is 2.92. The summed E-state index contributed by atoms with van der Waals surface area (Å²) in [6.07, 6.45) is 6.75.